The van der Waals surface area contributed by atoms with Gasteiger partial charge in [-0.3, -0.25) is 57.9 Å². The number of amides is 10. The number of rotatable bonds is 34. The minimum atomic E-state index is -1.66. The van der Waals surface area contributed by atoms with Crippen LogP contribution >= 0.6 is 0 Å². The van der Waals surface area contributed by atoms with Crippen molar-refractivity contribution in [1.82, 2.24) is 42.1 Å². The monoisotopic (exact) mass is 1130 g/mol. The summed E-state index contributed by atoms with van der Waals surface area (Å²) in [6.07, 6.45) is 0.514. The summed E-state index contributed by atoms with van der Waals surface area (Å²) in [6.45, 7) is 11.0. The van der Waals surface area contributed by atoms with Gasteiger partial charge in [-0.15, -0.1) is 0 Å². The average Bonchev–Trinajstić information content (AvgIpc) is 3.91. The minimum Gasteiger partial charge on any atom is -0.494 e. The topological polar surface area (TPSA) is 448 Å². The first-order valence-corrected chi connectivity index (χ1v) is 27.2. The van der Waals surface area contributed by atoms with Crippen molar-refractivity contribution < 1.29 is 52.7 Å². The Hall–Kier alpha value is -8.52. The third-order valence-electron chi connectivity index (χ3n) is 13.1. The Morgan fingerprint density at radius 3 is 1.73 bits per heavy atom. The molecule has 0 saturated carbocycles. The molecule has 0 aliphatic carbocycles. The number of primary amides is 2. The first kappa shape index (κ1) is 66.8. The van der Waals surface area contributed by atoms with Gasteiger partial charge >= 0.3 is 0 Å². The van der Waals surface area contributed by atoms with Crippen LogP contribution in [-0.4, -0.2) is 150 Å². The van der Waals surface area contributed by atoms with Crippen LogP contribution in [0, 0.1) is 12.8 Å². The van der Waals surface area contributed by atoms with Crippen molar-refractivity contribution in [3.05, 3.63) is 65.2 Å². The second kappa shape index (κ2) is 33.8. The summed E-state index contributed by atoms with van der Waals surface area (Å²) in [4.78, 5) is 145. The SMILES string of the molecule is CCOc1ccc(C[C@@H](NC(=O)CC)C(=O)N[C@@H](Cc2cccc(C)c2)C(=O)N[C@H](C(=O)N[C@@H](CC(N)=O)C(=O)N[C@@H](CC)C(=O)N2CCC[C@H]2C(=O)N[C@@H](CCCN=C(N)N)C(=O)N[C@@H](CCCN=C(N)N)C(N)=O)C(C)C)cc1. The van der Waals surface area contributed by atoms with Crippen LogP contribution in [0.1, 0.15) is 109 Å². The molecule has 1 saturated heterocycles. The van der Waals surface area contributed by atoms with E-state index >= 15 is 0 Å². The van der Waals surface area contributed by atoms with Crippen molar-refractivity contribution in [1.29, 1.82) is 0 Å². The Kier molecular flexibility index (Phi) is 27.9. The molecule has 2 aromatic rings. The van der Waals surface area contributed by atoms with Gasteiger partial charge in [-0.05, 0) is 88.0 Å². The summed E-state index contributed by atoms with van der Waals surface area (Å²) >= 11 is 0. The number of nitrogens with two attached hydrogens (primary N) is 6. The first-order chi connectivity index (χ1) is 38.4. The summed E-state index contributed by atoms with van der Waals surface area (Å²) < 4.78 is 5.54. The number of likely N-dealkylation sites (tertiary alicyclic amines) is 1. The highest BCUT2D eigenvalue weighted by atomic mass is 16.5. The summed E-state index contributed by atoms with van der Waals surface area (Å²) in [7, 11) is 0. The van der Waals surface area contributed by atoms with E-state index in [0.29, 0.717) is 29.9 Å². The number of ether oxygens (including phenoxy) is 1. The Labute approximate surface area is 472 Å². The Balaban J connectivity index is 1.83. The molecule has 10 amide bonds. The van der Waals surface area contributed by atoms with E-state index < -0.39 is 120 Å². The van der Waals surface area contributed by atoms with Gasteiger partial charge in [0.05, 0.1) is 13.0 Å². The van der Waals surface area contributed by atoms with Crippen LogP contribution in [0.3, 0.4) is 0 Å². The number of nitrogens with one attached hydrogen (secondary N) is 7. The van der Waals surface area contributed by atoms with E-state index in [1.54, 1.807) is 64.1 Å². The number of guanidine groups is 2. The standard InChI is InChI=1S/C54H84N16O11/c1-7-35(52(80)70-25-13-18-41(70)50(78)66-37(17-12-24-62-54(59)60)46(74)65-36(45(56)73)16-11-23-61-53(57)58)64-48(76)40(29-42(55)71)68-51(79)44(30(4)5)69-49(77)39(28-33-15-10-14-31(6)26-33)67-47(75)38(63-43(72)8-2)27-32-19-21-34(22-20-32)81-9-3/h10,14-15,19-22,26,30,35-41,44H,7-9,11-13,16-18,23-25,27-29H2,1-6H3,(H2,55,71)(H2,56,73)(H,63,72)(H,64,76)(H,65,74)(H,66,78)(H,67,75)(H,68,79)(H,69,77)(H4,57,58,61)(H4,59,60,62)/t35-,36-,37-,38+,39-,40-,41-,44-/m0/s1. The smallest absolute Gasteiger partial charge is 0.245 e. The number of hydrogen-bond donors (Lipinski definition) is 13. The summed E-state index contributed by atoms with van der Waals surface area (Å²) in [6, 6.07) is 4.04. The zero-order valence-electron chi connectivity index (χ0n) is 47.2. The summed E-state index contributed by atoms with van der Waals surface area (Å²) in [5.74, 6) is -8.06. The molecule has 27 heteroatoms. The Morgan fingerprint density at radius 1 is 0.630 bits per heavy atom. The Morgan fingerprint density at radius 2 is 1.17 bits per heavy atom. The lowest BCUT2D eigenvalue weighted by molar-refractivity contribution is -0.143. The molecule has 1 heterocycles. The highest BCUT2D eigenvalue weighted by molar-refractivity contribution is 5.99. The molecule has 2 aromatic carbocycles. The molecule has 0 radical (unpaired) electrons. The van der Waals surface area contributed by atoms with Crippen LogP contribution in [0.5, 0.6) is 5.75 Å². The van der Waals surface area contributed by atoms with Crippen molar-refractivity contribution in [2.45, 2.75) is 161 Å². The van der Waals surface area contributed by atoms with Crippen molar-refractivity contribution in [2.75, 3.05) is 26.2 Å². The maximum absolute atomic E-state index is 14.4. The van der Waals surface area contributed by atoms with E-state index in [4.69, 9.17) is 39.1 Å². The van der Waals surface area contributed by atoms with Crippen LogP contribution in [0.4, 0.5) is 0 Å². The van der Waals surface area contributed by atoms with Gasteiger partial charge in [0.1, 0.15) is 54.1 Å². The lowest BCUT2D eigenvalue weighted by atomic mass is 9.99. The van der Waals surface area contributed by atoms with Gasteiger partial charge in [-0.1, -0.05) is 69.7 Å². The molecule has 3 rings (SSSR count). The van der Waals surface area contributed by atoms with Crippen LogP contribution < -0.4 is 76.4 Å². The number of carbonyl (C=O) groups excluding carboxylic acids is 10. The van der Waals surface area contributed by atoms with Crippen molar-refractivity contribution >= 4 is 71.0 Å². The number of nitrogens with zero attached hydrogens (tertiary/aromatic N) is 3. The second-order valence-corrected chi connectivity index (χ2v) is 20.1. The van der Waals surface area contributed by atoms with Crippen LogP contribution in [0.25, 0.3) is 0 Å². The first-order valence-electron chi connectivity index (χ1n) is 27.2. The molecule has 0 bridgehead atoms. The fourth-order valence-electron chi connectivity index (χ4n) is 8.86. The van der Waals surface area contributed by atoms with E-state index in [1.165, 1.54) is 4.90 Å². The van der Waals surface area contributed by atoms with E-state index in [1.807, 2.05) is 26.0 Å². The molecule has 8 atom stereocenters. The fourth-order valence-corrected chi connectivity index (χ4v) is 8.86. The molecule has 19 N–H and O–H groups in total. The fraction of sp³-hybridized carbons (Fsp3) is 0.556. The van der Waals surface area contributed by atoms with Crippen molar-refractivity contribution in [3.8, 4) is 5.75 Å². The molecule has 81 heavy (non-hydrogen) atoms. The highest BCUT2D eigenvalue weighted by Crippen LogP contribution is 2.21. The molecule has 0 spiro atoms. The zero-order chi connectivity index (χ0) is 60.3. The minimum absolute atomic E-state index is 0.00749. The molecular formula is C54H84N16O11. The number of benzene rings is 2. The molecule has 1 aliphatic rings. The third-order valence-corrected chi connectivity index (χ3v) is 13.1. The molecule has 1 aliphatic heterocycles. The maximum Gasteiger partial charge on any atom is 0.245 e. The molecule has 0 unspecified atom stereocenters. The van der Waals surface area contributed by atoms with Gasteiger partial charge in [-0.2, -0.15) is 0 Å². The molecule has 0 aromatic heterocycles. The van der Waals surface area contributed by atoms with Gasteiger partial charge < -0.3 is 81.3 Å². The quantitative estimate of drug-likeness (QED) is 0.0196. The largest absolute Gasteiger partial charge is 0.494 e. The van der Waals surface area contributed by atoms with E-state index in [0.717, 1.165) is 5.56 Å². The van der Waals surface area contributed by atoms with Crippen molar-refractivity contribution in [3.63, 3.8) is 0 Å². The summed E-state index contributed by atoms with van der Waals surface area (Å²) in [5, 5.41) is 18.6. The lowest BCUT2D eigenvalue weighted by Gasteiger charge is -2.31. The molecular weight excluding hydrogens is 1050 g/mol. The van der Waals surface area contributed by atoms with Crippen molar-refractivity contribution in [2.24, 2.45) is 50.3 Å². The Bertz CT molecular complexity index is 2550. The van der Waals surface area contributed by atoms with Gasteiger partial charge in [0.2, 0.25) is 59.1 Å². The van der Waals surface area contributed by atoms with Gasteiger partial charge in [-0.25, -0.2) is 0 Å². The lowest BCUT2D eigenvalue weighted by Crippen LogP contribution is -2.61. The van der Waals surface area contributed by atoms with Crippen LogP contribution in [-0.2, 0) is 60.8 Å². The second-order valence-electron chi connectivity index (χ2n) is 20.1. The molecule has 446 valence electrons. The summed E-state index contributed by atoms with van der Waals surface area (Å²) in [5.41, 5.74) is 35.1. The molecule has 27 nitrogen and oxygen atoms in total. The number of aliphatic imine (C=N–C) groups is 2. The molecule has 1 fully saturated rings. The number of hydrogen-bond acceptors (Lipinski definition) is 13. The van der Waals surface area contributed by atoms with Crippen LogP contribution in [0.2, 0.25) is 0 Å². The highest BCUT2D eigenvalue weighted by Gasteiger charge is 2.40. The average molecular weight is 1130 g/mol. The van der Waals surface area contributed by atoms with Gasteiger partial charge in [0.15, 0.2) is 11.9 Å². The number of aryl methyl sites for hydroxylation is 1. The van der Waals surface area contributed by atoms with Crippen LogP contribution in [0.15, 0.2) is 58.5 Å². The normalized spacial score (nSPS) is 15.4. The van der Waals surface area contributed by atoms with E-state index in [2.05, 4.69) is 47.2 Å². The predicted octanol–water partition coefficient (Wildman–Crippen LogP) is -2.49. The number of carbonyl (C=O) groups is 10. The zero-order valence-corrected chi connectivity index (χ0v) is 47.2. The van der Waals surface area contributed by atoms with Gasteiger partial charge in [0, 0.05) is 38.9 Å². The maximum atomic E-state index is 14.4. The predicted molar refractivity (Wildman–Crippen MR) is 303 cm³/mol. The van der Waals surface area contributed by atoms with E-state index in [-0.39, 0.29) is 89.3 Å². The van der Waals surface area contributed by atoms with E-state index in [9.17, 15) is 47.9 Å². The van der Waals surface area contributed by atoms with Gasteiger partial charge in [0.25, 0.3) is 0 Å². The third kappa shape index (κ3) is 23.0.